The number of thiophene rings is 2. The number of nitriles is 1. The molecule has 0 unspecified atom stereocenters. The summed E-state index contributed by atoms with van der Waals surface area (Å²) in [5.74, 6) is 0.703. The highest BCUT2D eigenvalue weighted by atomic mass is 32.2. The fourth-order valence-corrected chi connectivity index (χ4v) is 4.37. The normalized spacial score (nSPS) is 11.9. The van der Waals surface area contributed by atoms with Gasteiger partial charge in [0.2, 0.25) is 5.91 Å². The van der Waals surface area contributed by atoms with E-state index in [0.29, 0.717) is 15.7 Å². The van der Waals surface area contributed by atoms with Crippen LogP contribution in [0.2, 0.25) is 0 Å². The summed E-state index contributed by atoms with van der Waals surface area (Å²) >= 11 is 4.37. The summed E-state index contributed by atoms with van der Waals surface area (Å²) in [6, 6.07) is 7.84. The smallest absolute Gasteiger partial charge is 0.238 e. The van der Waals surface area contributed by atoms with Crippen LogP contribution < -0.4 is 5.32 Å². The predicted molar refractivity (Wildman–Crippen MR) is 101 cm³/mol. The van der Waals surface area contributed by atoms with E-state index < -0.39 is 0 Å². The van der Waals surface area contributed by atoms with Crippen LogP contribution in [0.15, 0.2) is 34.1 Å². The minimum atomic E-state index is -0.355. The van der Waals surface area contributed by atoms with Gasteiger partial charge >= 0.3 is 0 Å². The molecule has 0 aliphatic heterocycles. The Kier molecular flexibility index (Phi) is 5.53. The number of nitrogens with zero attached hydrogens (tertiary/aromatic N) is 4. The lowest BCUT2D eigenvalue weighted by molar-refractivity contribution is -0.115. The molecule has 1 atom stereocenters. The third-order valence-electron chi connectivity index (χ3n) is 3.51. The number of thioether (sulfide) groups is 1. The number of hydrogen-bond acceptors (Lipinski definition) is 7. The van der Waals surface area contributed by atoms with Crippen LogP contribution in [-0.2, 0) is 18.3 Å². The number of hydrogen-bond donors (Lipinski definition) is 1. The highest BCUT2D eigenvalue weighted by Crippen LogP contribution is 2.26. The van der Waals surface area contributed by atoms with Crippen LogP contribution in [0.3, 0.4) is 0 Å². The second-order valence-electron chi connectivity index (χ2n) is 5.24. The van der Waals surface area contributed by atoms with E-state index in [2.05, 4.69) is 27.6 Å². The van der Waals surface area contributed by atoms with Crippen LogP contribution in [0.5, 0.6) is 0 Å². The van der Waals surface area contributed by atoms with Gasteiger partial charge in [0, 0.05) is 18.3 Å². The maximum absolute atomic E-state index is 12.4. The first-order chi connectivity index (χ1) is 12.1. The molecule has 1 amide bonds. The van der Waals surface area contributed by atoms with E-state index in [0.717, 1.165) is 12.2 Å². The molecule has 3 rings (SSSR count). The van der Waals surface area contributed by atoms with Crippen LogP contribution >= 0.6 is 34.4 Å². The van der Waals surface area contributed by atoms with E-state index >= 15 is 0 Å². The minimum absolute atomic E-state index is 0.160. The molecule has 6 nitrogen and oxygen atoms in total. The van der Waals surface area contributed by atoms with Crippen molar-refractivity contribution in [1.29, 1.82) is 5.26 Å². The van der Waals surface area contributed by atoms with Crippen molar-refractivity contribution in [1.82, 2.24) is 14.8 Å². The van der Waals surface area contributed by atoms with E-state index in [1.165, 1.54) is 28.0 Å². The first kappa shape index (κ1) is 17.7. The Bertz CT molecular complexity index is 907. The molecule has 1 N–H and O–H groups in total. The molecule has 9 heteroatoms. The number of rotatable bonds is 6. The SMILES string of the molecule is C[C@H](Sc1nnc(Cc2cccs2)n1C)C(=O)Nc1sccc1C#N. The van der Waals surface area contributed by atoms with Crippen molar-refractivity contribution in [2.75, 3.05) is 5.32 Å². The molecule has 0 saturated heterocycles. The number of carbonyl (C=O) groups excluding carboxylic acids is 1. The van der Waals surface area contributed by atoms with Gasteiger partial charge in [0.15, 0.2) is 5.16 Å². The number of nitrogens with one attached hydrogen (secondary N) is 1. The van der Waals surface area contributed by atoms with E-state index in [1.807, 2.05) is 30.0 Å². The Morgan fingerprint density at radius 1 is 1.40 bits per heavy atom. The predicted octanol–water partition coefficient (Wildman–Crippen LogP) is 3.52. The van der Waals surface area contributed by atoms with Gasteiger partial charge in [-0.2, -0.15) is 5.26 Å². The highest BCUT2D eigenvalue weighted by Gasteiger charge is 2.20. The van der Waals surface area contributed by atoms with Crippen LogP contribution in [-0.4, -0.2) is 25.9 Å². The molecule has 25 heavy (non-hydrogen) atoms. The summed E-state index contributed by atoms with van der Waals surface area (Å²) < 4.78 is 1.92. The van der Waals surface area contributed by atoms with Gasteiger partial charge in [-0.25, -0.2) is 0 Å². The van der Waals surface area contributed by atoms with Crippen LogP contribution in [0, 0.1) is 11.3 Å². The molecule has 3 heterocycles. The van der Waals surface area contributed by atoms with E-state index in [4.69, 9.17) is 5.26 Å². The Hall–Kier alpha value is -2.15. The van der Waals surface area contributed by atoms with Gasteiger partial charge < -0.3 is 9.88 Å². The summed E-state index contributed by atoms with van der Waals surface area (Å²) in [5, 5.41) is 25.0. The summed E-state index contributed by atoms with van der Waals surface area (Å²) in [6.07, 6.45) is 0.725. The summed E-state index contributed by atoms with van der Waals surface area (Å²) in [4.78, 5) is 13.6. The standard InChI is InChI=1S/C16H15N5OS3/c1-10(14(22)18-15-11(9-17)5-7-24-15)25-16-20-19-13(21(16)2)8-12-4-3-6-23-12/h3-7,10H,8H2,1-2H3,(H,18,22)/t10-/m0/s1. The van der Waals surface area contributed by atoms with Crippen molar-refractivity contribution in [3.8, 4) is 6.07 Å². The monoisotopic (exact) mass is 389 g/mol. The molecule has 0 aromatic carbocycles. The molecule has 128 valence electrons. The first-order valence-electron chi connectivity index (χ1n) is 7.44. The largest absolute Gasteiger partial charge is 0.316 e. The number of amides is 1. The lowest BCUT2D eigenvalue weighted by Gasteiger charge is -2.10. The Balaban J connectivity index is 1.64. The summed E-state index contributed by atoms with van der Waals surface area (Å²) in [6.45, 7) is 1.81. The third-order valence-corrected chi connectivity index (χ3v) is 6.35. The molecule has 0 aliphatic rings. The minimum Gasteiger partial charge on any atom is -0.316 e. The molecular weight excluding hydrogens is 374 g/mol. The molecule has 0 aliphatic carbocycles. The van der Waals surface area contributed by atoms with Gasteiger partial charge in [0.05, 0.1) is 10.8 Å². The zero-order valence-corrected chi connectivity index (χ0v) is 16.0. The van der Waals surface area contributed by atoms with Crippen molar-refractivity contribution < 1.29 is 4.79 Å². The molecular formula is C16H15N5OS3. The molecule has 0 radical (unpaired) electrons. The van der Waals surface area contributed by atoms with Crippen LogP contribution in [0.25, 0.3) is 0 Å². The van der Waals surface area contributed by atoms with Crippen molar-refractivity contribution in [3.05, 3.63) is 45.2 Å². The molecule has 0 fully saturated rings. The third kappa shape index (κ3) is 4.10. The van der Waals surface area contributed by atoms with Crippen molar-refractivity contribution in [2.24, 2.45) is 7.05 Å². The van der Waals surface area contributed by atoms with Gasteiger partial charge in [-0.05, 0) is 29.8 Å². The van der Waals surface area contributed by atoms with Gasteiger partial charge in [-0.1, -0.05) is 17.8 Å². The van der Waals surface area contributed by atoms with Gasteiger partial charge in [0.25, 0.3) is 0 Å². The zero-order chi connectivity index (χ0) is 17.8. The Labute approximate surface area is 157 Å². The Morgan fingerprint density at radius 2 is 2.24 bits per heavy atom. The van der Waals surface area contributed by atoms with Crippen LogP contribution in [0.4, 0.5) is 5.00 Å². The summed E-state index contributed by atoms with van der Waals surface area (Å²) in [7, 11) is 1.91. The maximum atomic E-state index is 12.4. The number of carbonyl (C=O) groups is 1. The molecule has 0 saturated carbocycles. The van der Waals surface area contributed by atoms with E-state index in [1.54, 1.807) is 22.8 Å². The lowest BCUT2D eigenvalue weighted by Crippen LogP contribution is -2.22. The van der Waals surface area contributed by atoms with Crippen molar-refractivity contribution in [2.45, 2.75) is 23.8 Å². The summed E-state index contributed by atoms with van der Waals surface area (Å²) in [5.41, 5.74) is 0.479. The Morgan fingerprint density at radius 3 is 2.96 bits per heavy atom. The maximum Gasteiger partial charge on any atom is 0.238 e. The first-order valence-corrected chi connectivity index (χ1v) is 10.1. The zero-order valence-electron chi connectivity index (χ0n) is 13.6. The van der Waals surface area contributed by atoms with Crippen LogP contribution in [0.1, 0.15) is 23.2 Å². The molecule has 0 bridgehead atoms. The van der Waals surface area contributed by atoms with E-state index in [-0.39, 0.29) is 11.2 Å². The van der Waals surface area contributed by atoms with Gasteiger partial charge in [-0.3, -0.25) is 4.79 Å². The molecule has 3 aromatic rings. The second-order valence-corrected chi connectivity index (χ2v) is 8.49. The highest BCUT2D eigenvalue weighted by molar-refractivity contribution is 8.00. The molecule has 0 spiro atoms. The fourth-order valence-electron chi connectivity index (χ4n) is 2.09. The fraction of sp³-hybridized carbons (Fsp3) is 0.250. The quantitative estimate of drug-likeness (QED) is 0.652. The van der Waals surface area contributed by atoms with Gasteiger partial charge in [-0.15, -0.1) is 32.9 Å². The number of aromatic nitrogens is 3. The van der Waals surface area contributed by atoms with Crippen molar-refractivity contribution >= 4 is 45.3 Å². The second kappa shape index (κ2) is 7.82. The molecule has 3 aromatic heterocycles. The van der Waals surface area contributed by atoms with Gasteiger partial charge in [0.1, 0.15) is 16.9 Å². The van der Waals surface area contributed by atoms with Crippen molar-refractivity contribution in [3.63, 3.8) is 0 Å². The average Bonchev–Trinajstić information content (AvgIpc) is 3.33. The topological polar surface area (TPSA) is 83.6 Å². The number of anilines is 1. The van der Waals surface area contributed by atoms with E-state index in [9.17, 15) is 4.79 Å². The average molecular weight is 390 g/mol. The lowest BCUT2D eigenvalue weighted by atomic mass is 10.3.